The molecule has 0 aliphatic heterocycles. The van der Waals surface area contributed by atoms with Gasteiger partial charge < -0.3 is 4.79 Å². The normalized spacial score (nSPS) is 12.6. The van der Waals surface area contributed by atoms with Crippen LogP contribution in [-0.2, 0) is 39.4 Å². The highest BCUT2D eigenvalue weighted by Gasteiger charge is 2.26. The fourth-order valence-corrected chi connectivity index (χ4v) is 6.62. The molecule has 0 fully saturated rings. The van der Waals surface area contributed by atoms with Crippen molar-refractivity contribution in [2.75, 3.05) is 6.26 Å². The summed E-state index contributed by atoms with van der Waals surface area (Å²) in [5.74, 6) is 3.43. The van der Waals surface area contributed by atoms with Gasteiger partial charge in [0.1, 0.15) is 35.0 Å². The molecule has 1 atom stereocenters. The van der Waals surface area contributed by atoms with Crippen LogP contribution in [-0.4, -0.2) is 50.0 Å². The molecule has 3 aromatic heterocycles. The van der Waals surface area contributed by atoms with Gasteiger partial charge in [-0.1, -0.05) is 23.6 Å². The van der Waals surface area contributed by atoms with Gasteiger partial charge in [0.2, 0.25) is 0 Å². The second-order valence-corrected chi connectivity index (χ2v) is 14.6. The van der Waals surface area contributed by atoms with Crippen LogP contribution in [0.4, 0.5) is 8.78 Å². The molecule has 2 aromatic carbocycles. The average molecular weight is 681 g/mol. The molecule has 0 aliphatic rings. The number of nitrogens with zero attached hydrogens (tertiary/aromatic N) is 5. The van der Waals surface area contributed by atoms with E-state index in [0.29, 0.717) is 44.0 Å². The van der Waals surface area contributed by atoms with E-state index < -0.39 is 38.6 Å². The fraction of sp³-hybridized carbons (Fsp3) is 0.303. The summed E-state index contributed by atoms with van der Waals surface area (Å²) in [6, 6.07) is 10.0. The van der Waals surface area contributed by atoms with E-state index in [0.717, 1.165) is 12.3 Å². The summed E-state index contributed by atoms with van der Waals surface area (Å²) in [6.07, 6.45) is 2.52. The lowest BCUT2D eigenvalue weighted by molar-refractivity contribution is -0.117. The molecule has 3 heterocycles. The highest BCUT2D eigenvalue weighted by molar-refractivity contribution is 7.89. The molecule has 0 unspecified atom stereocenters. The largest absolute Gasteiger partial charge is 0.344 e. The number of aromatic amines is 1. The first-order valence-electron chi connectivity index (χ1n) is 14.5. The Morgan fingerprint density at radius 1 is 1.11 bits per heavy atom. The van der Waals surface area contributed by atoms with Gasteiger partial charge in [0, 0.05) is 48.2 Å². The lowest BCUT2D eigenvalue weighted by atomic mass is 9.86. The van der Waals surface area contributed by atoms with Crippen LogP contribution < -0.4 is 5.69 Å². The highest BCUT2D eigenvalue weighted by atomic mass is 35.5. The van der Waals surface area contributed by atoms with Gasteiger partial charge >= 0.3 is 5.69 Å². The molecule has 14 heteroatoms. The molecule has 0 saturated carbocycles. The number of benzene rings is 2. The monoisotopic (exact) mass is 680 g/mol. The van der Waals surface area contributed by atoms with E-state index in [-0.39, 0.29) is 30.1 Å². The van der Waals surface area contributed by atoms with E-state index >= 15 is 0 Å². The maximum atomic E-state index is 14.2. The number of halogens is 3. The molecule has 47 heavy (non-hydrogen) atoms. The van der Waals surface area contributed by atoms with Crippen LogP contribution in [0.15, 0.2) is 53.6 Å². The molecule has 0 radical (unpaired) electrons. The number of sulfone groups is 1. The standard InChI is InChI=1S/C33H31ClF2N6O4S/c1-19(43)12-21(13-20-14-22(35)16-23(36)15-20)30-25(7-6-24(38-30)10-11-33(2,3)42-18-37-39-32(42)44)26-8-9-27(34)29-28(17-47(5,45)46)40-41(4)31(26)29/h6-9,14-16,18,21H,12-13,17H2,1-5H3,(H,39,44)/t21-/m0/s1. The minimum absolute atomic E-state index is 0.00757. The third-order valence-electron chi connectivity index (χ3n) is 7.60. The quantitative estimate of drug-likeness (QED) is 0.215. The van der Waals surface area contributed by atoms with Crippen molar-refractivity contribution in [3.8, 4) is 23.0 Å². The lowest BCUT2D eigenvalue weighted by Gasteiger charge is -2.21. The van der Waals surface area contributed by atoms with Crippen molar-refractivity contribution in [3.63, 3.8) is 0 Å². The molecule has 0 amide bonds. The van der Waals surface area contributed by atoms with Crippen LogP contribution in [0.5, 0.6) is 0 Å². The van der Waals surface area contributed by atoms with E-state index in [1.807, 2.05) is 0 Å². The zero-order valence-electron chi connectivity index (χ0n) is 26.2. The number of carbonyl (C=O) groups excluding carboxylic acids is 1. The molecule has 244 valence electrons. The predicted molar refractivity (Wildman–Crippen MR) is 175 cm³/mol. The minimum atomic E-state index is -3.46. The topological polar surface area (TPSA) is 133 Å². The number of carbonyl (C=O) groups is 1. The second kappa shape index (κ2) is 12.8. The Balaban J connectivity index is 1.75. The number of Topliss-reactive ketones (excluding diaryl/α,β-unsaturated/α-hetero) is 1. The smallest absolute Gasteiger partial charge is 0.300 e. The van der Waals surface area contributed by atoms with Crippen molar-refractivity contribution >= 4 is 38.1 Å². The van der Waals surface area contributed by atoms with Gasteiger partial charge in [-0.15, -0.1) is 0 Å². The number of fused-ring (bicyclic) bond motifs is 1. The Labute approximate surface area is 274 Å². The van der Waals surface area contributed by atoms with Crippen LogP contribution >= 0.6 is 11.6 Å². The summed E-state index contributed by atoms with van der Waals surface area (Å²) in [4.78, 5) is 29.7. The van der Waals surface area contributed by atoms with Gasteiger partial charge in [-0.2, -0.15) is 10.2 Å². The third-order valence-corrected chi connectivity index (χ3v) is 8.71. The average Bonchev–Trinajstić information content (AvgIpc) is 3.54. The highest BCUT2D eigenvalue weighted by Crippen LogP contribution is 2.39. The van der Waals surface area contributed by atoms with E-state index in [1.165, 1.54) is 30.0 Å². The Kier molecular flexibility index (Phi) is 9.21. The lowest BCUT2D eigenvalue weighted by Crippen LogP contribution is -2.33. The number of aryl methyl sites for hydroxylation is 1. The first-order chi connectivity index (χ1) is 22.0. The second-order valence-electron chi connectivity index (χ2n) is 12.0. The summed E-state index contributed by atoms with van der Waals surface area (Å²) in [5.41, 5.74) is 1.66. The number of pyridine rings is 1. The number of rotatable bonds is 9. The number of aromatic nitrogens is 6. The van der Waals surface area contributed by atoms with Crippen LogP contribution in [0.3, 0.4) is 0 Å². The summed E-state index contributed by atoms with van der Waals surface area (Å²) in [6.45, 7) is 4.90. The van der Waals surface area contributed by atoms with Gasteiger partial charge in [0.25, 0.3) is 0 Å². The number of ketones is 1. The van der Waals surface area contributed by atoms with Crippen LogP contribution in [0.2, 0.25) is 5.02 Å². The number of hydrogen-bond donors (Lipinski definition) is 1. The first kappa shape index (κ1) is 33.7. The summed E-state index contributed by atoms with van der Waals surface area (Å²) in [7, 11) is -1.79. The van der Waals surface area contributed by atoms with Gasteiger partial charge in [0.05, 0.1) is 27.7 Å². The summed E-state index contributed by atoms with van der Waals surface area (Å²) in [5, 5.41) is 11.4. The molecule has 0 spiro atoms. The van der Waals surface area contributed by atoms with E-state index in [2.05, 4.69) is 27.1 Å². The third kappa shape index (κ3) is 7.50. The van der Waals surface area contributed by atoms with Crippen molar-refractivity contribution < 1.29 is 22.0 Å². The van der Waals surface area contributed by atoms with Gasteiger partial charge in [-0.3, -0.25) is 9.25 Å². The van der Waals surface area contributed by atoms with E-state index in [9.17, 15) is 26.8 Å². The van der Waals surface area contributed by atoms with Crippen LogP contribution in [0.25, 0.3) is 22.0 Å². The summed E-state index contributed by atoms with van der Waals surface area (Å²) >= 11 is 6.61. The van der Waals surface area contributed by atoms with Gasteiger partial charge in [-0.05, 0) is 69.0 Å². The molecule has 5 rings (SSSR count). The molecule has 0 saturated heterocycles. The maximum absolute atomic E-state index is 14.2. The molecule has 0 aliphatic carbocycles. The van der Waals surface area contributed by atoms with Crippen molar-refractivity contribution in [2.45, 2.75) is 50.8 Å². The van der Waals surface area contributed by atoms with Crippen molar-refractivity contribution in [3.05, 3.63) is 98.6 Å². The SMILES string of the molecule is CC(=O)C[C@@H](Cc1cc(F)cc(F)c1)c1nc(C#CC(C)(C)n2cn[nH]c2=O)ccc1-c1ccc(Cl)c2c(CS(C)(=O)=O)nn(C)c12. The van der Waals surface area contributed by atoms with Crippen molar-refractivity contribution in [1.82, 2.24) is 29.5 Å². The zero-order chi connectivity index (χ0) is 34.3. The van der Waals surface area contributed by atoms with Gasteiger partial charge in [0.15, 0.2) is 9.84 Å². The van der Waals surface area contributed by atoms with E-state index in [1.54, 1.807) is 49.8 Å². The number of nitrogens with one attached hydrogen (secondary N) is 1. The number of H-pyrrole nitrogens is 1. The Bertz CT molecular complexity index is 2240. The molecular formula is C33H31ClF2N6O4S. The zero-order valence-corrected chi connectivity index (χ0v) is 27.8. The molecule has 5 aromatic rings. The van der Waals surface area contributed by atoms with Crippen LogP contribution in [0.1, 0.15) is 55.8 Å². The predicted octanol–water partition coefficient (Wildman–Crippen LogP) is 5.09. The van der Waals surface area contributed by atoms with Gasteiger partial charge in [-0.25, -0.2) is 32.1 Å². The molecular weight excluding hydrogens is 650 g/mol. The van der Waals surface area contributed by atoms with Crippen molar-refractivity contribution in [2.24, 2.45) is 7.05 Å². The first-order valence-corrected chi connectivity index (χ1v) is 16.9. The van der Waals surface area contributed by atoms with E-state index in [4.69, 9.17) is 16.6 Å². The number of hydrogen-bond acceptors (Lipinski definition) is 7. The Morgan fingerprint density at radius 2 is 1.79 bits per heavy atom. The maximum Gasteiger partial charge on any atom is 0.344 e. The molecule has 1 N–H and O–H groups in total. The van der Waals surface area contributed by atoms with Crippen molar-refractivity contribution in [1.29, 1.82) is 0 Å². The minimum Gasteiger partial charge on any atom is -0.300 e. The Hall–Kier alpha value is -4.67. The fourth-order valence-electron chi connectivity index (χ4n) is 5.66. The molecule has 10 nitrogen and oxygen atoms in total. The molecule has 0 bridgehead atoms. The summed E-state index contributed by atoms with van der Waals surface area (Å²) < 4.78 is 55.8. The Morgan fingerprint density at radius 3 is 2.40 bits per heavy atom. The van der Waals surface area contributed by atoms with Crippen LogP contribution in [0, 0.1) is 23.5 Å².